The summed E-state index contributed by atoms with van der Waals surface area (Å²) in [5, 5.41) is 3.57. The van der Waals surface area contributed by atoms with Crippen molar-refractivity contribution >= 4 is 0 Å². The summed E-state index contributed by atoms with van der Waals surface area (Å²) in [6, 6.07) is 0.788. The van der Waals surface area contributed by atoms with Gasteiger partial charge in [-0.15, -0.1) is 0 Å². The zero-order chi connectivity index (χ0) is 13.1. The Morgan fingerprint density at radius 2 is 1.63 bits per heavy atom. The Morgan fingerprint density at radius 1 is 0.947 bits per heavy atom. The Balaban J connectivity index is 1.48. The highest BCUT2D eigenvalue weighted by molar-refractivity contribution is 4.91. The van der Waals surface area contributed by atoms with Crippen molar-refractivity contribution in [2.45, 2.75) is 70.3 Å². The minimum atomic E-state index is 0.783. The lowest BCUT2D eigenvalue weighted by molar-refractivity contribution is 0.0823. The highest BCUT2D eigenvalue weighted by Crippen LogP contribution is 2.46. The maximum absolute atomic E-state index is 3.57. The molecule has 1 aliphatic heterocycles. The van der Waals surface area contributed by atoms with Crippen LogP contribution in [0.5, 0.6) is 0 Å². The minimum Gasteiger partial charge on any atom is -0.317 e. The van der Waals surface area contributed by atoms with Gasteiger partial charge in [-0.05, 0) is 70.0 Å². The van der Waals surface area contributed by atoms with Crippen LogP contribution in [-0.2, 0) is 0 Å². The second kappa shape index (κ2) is 6.13. The molecular weight excluding hydrogens is 232 g/mol. The fraction of sp³-hybridized carbons (Fsp3) is 1.00. The van der Waals surface area contributed by atoms with Gasteiger partial charge in [0.25, 0.3) is 0 Å². The highest BCUT2D eigenvalue weighted by atomic mass is 15.1. The predicted octanol–water partition coefficient (Wildman–Crippen LogP) is 3.42. The molecule has 0 amide bonds. The number of nitrogens with one attached hydrogen (secondary N) is 1. The van der Waals surface area contributed by atoms with E-state index in [1.807, 2.05) is 0 Å². The van der Waals surface area contributed by atoms with E-state index in [2.05, 4.69) is 17.3 Å². The standard InChI is InChI=1S/C17H32N2/c1-18-16-7-3-2-6-15(16)14-19-12-10-17(11-13-19)8-4-5-9-17/h15-16,18H,2-14H2,1H3. The van der Waals surface area contributed by atoms with Crippen molar-refractivity contribution in [2.75, 3.05) is 26.7 Å². The Hall–Kier alpha value is -0.0800. The number of hydrogen-bond donors (Lipinski definition) is 1. The topological polar surface area (TPSA) is 15.3 Å². The third kappa shape index (κ3) is 3.16. The molecule has 2 saturated carbocycles. The van der Waals surface area contributed by atoms with Gasteiger partial charge in [0.1, 0.15) is 0 Å². The first-order valence-corrected chi connectivity index (χ1v) is 8.71. The van der Waals surface area contributed by atoms with E-state index in [9.17, 15) is 0 Å². The largest absolute Gasteiger partial charge is 0.317 e. The van der Waals surface area contributed by atoms with Gasteiger partial charge in [0, 0.05) is 12.6 Å². The first-order valence-electron chi connectivity index (χ1n) is 8.71. The van der Waals surface area contributed by atoms with Gasteiger partial charge in [-0.1, -0.05) is 25.7 Å². The molecule has 3 rings (SSSR count). The van der Waals surface area contributed by atoms with Gasteiger partial charge < -0.3 is 10.2 Å². The van der Waals surface area contributed by atoms with Crippen LogP contribution in [0.1, 0.15) is 64.2 Å². The molecule has 1 spiro atoms. The molecule has 3 fully saturated rings. The Bertz CT molecular complexity index is 273. The molecule has 0 bridgehead atoms. The van der Waals surface area contributed by atoms with Crippen molar-refractivity contribution in [2.24, 2.45) is 11.3 Å². The summed E-state index contributed by atoms with van der Waals surface area (Å²) in [6.45, 7) is 4.13. The van der Waals surface area contributed by atoms with Gasteiger partial charge in [-0.25, -0.2) is 0 Å². The average Bonchev–Trinajstić information content (AvgIpc) is 2.91. The fourth-order valence-electron chi connectivity index (χ4n) is 4.97. The summed E-state index contributed by atoms with van der Waals surface area (Å²) in [7, 11) is 2.16. The van der Waals surface area contributed by atoms with Crippen molar-refractivity contribution in [1.29, 1.82) is 0 Å². The van der Waals surface area contributed by atoms with Gasteiger partial charge in [0.05, 0.1) is 0 Å². The van der Waals surface area contributed by atoms with Gasteiger partial charge in [0.2, 0.25) is 0 Å². The normalized spacial score (nSPS) is 35.8. The van der Waals surface area contributed by atoms with Crippen LogP contribution in [0.3, 0.4) is 0 Å². The maximum Gasteiger partial charge on any atom is 0.0104 e. The summed E-state index contributed by atoms with van der Waals surface area (Å²) >= 11 is 0. The molecule has 2 atom stereocenters. The van der Waals surface area contributed by atoms with E-state index in [4.69, 9.17) is 0 Å². The summed E-state index contributed by atoms with van der Waals surface area (Å²) in [5.74, 6) is 0.913. The van der Waals surface area contributed by atoms with Crippen molar-refractivity contribution < 1.29 is 0 Å². The highest BCUT2D eigenvalue weighted by Gasteiger charge is 2.37. The molecule has 0 aromatic carbocycles. The molecule has 2 nitrogen and oxygen atoms in total. The van der Waals surface area contributed by atoms with E-state index >= 15 is 0 Å². The second-order valence-corrected chi connectivity index (χ2v) is 7.45. The van der Waals surface area contributed by atoms with Crippen LogP contribution in [0, 0.1) is 11.3 Å². The molecule has 0 aromatic heterocycles. The third-order valence-corrected chi connectivity index (χ3v) is 6.35. The monoisotopic (exact) mass is 264 g/mol. The van der Waals surface area contributed by atoms with Crippen LogP contribution in [0.4, 0.5) is 0 Å². The molecule has 19 heavy (non-hydrogen) atoms. The van der Waals surface area contributed by atoms with E-state index in [0.717, 1.165) is 17.4 Å². The Kier molecular flexibility index (Phi) is 4.48. The molecule has 1 heterocycles. The van der Waals surface area contributed by atoms with Gasteiger partial charge >= 0.3 is 0 Å². The lowest BCUT2D eigenvalue weighted by Gasteiger charge is -2.42. The number of piperidine rings is 1. The summed E-state index contributed by atoms with van der Waals surface area (Å²) in [6.07, 6.45) is 14.8. The Morgan fingerprint density at radius 3 is 2.32 bits per heavy atom. The van der Waals surface area contributed by atoms with Gasteiger partial charge in [0.15, 0.2) is 0 Å². The number of likely N-dealkylation sites (tertiary alicyclic amines) is 1. The van der Waals surface area contributed by atoms with Crippen LogP contribution in [0.25, 0.3) is 0 Å². The van der Waals surface area contributed by atoms with Crippen LogP contribution >= 0.6 is 0 Å². The quantitative estimate of drug-likeness (QED) is 0.840. The molecule has 1 N–H and O–H groups in total. The predicted molar refractivity (Wildman–Crippen MR) is 81.4 cm³/mol. The molecule has 3 aliphatic rings. The lowest BCUT2D eigenvalue weighted by atomic mass is 9.76. The molecular formula is C17H32N2. The first kappa shape index (κ1) is 13.9. The van der Waals surface area contributed by atoms with Crippen molar-refractivity contribution in [3.8, 4) is 0 Å². The zero-order valence-electron chi connectivity index (χ0n) is 12.8. The van der Waals surface area contributed by atoms with E-state index in [0.29, 0.717) is 0 Å². The van der Waals surface area contributed by atoms with E-state index in [1.165, 1.54) is 83.8 Å². The van der Waals surface area contributed by atoms with Gasteiger partial charge in [-0.3, -0.25) is 0 Å². The zero-order valence-corrected chi connectivity index (χ0v) is 12.8. The molecule has 0 radical (unpaired) electrons. The van der Waals surface area contributed by atoms with Crippen LogP contribution < -0.4 is 5.32 Å². The molecule has 2 heteroatoms. The number of rotatable bonds is 3. The van der Waals surface area contributed by atoms with Crippen molar-refractivity contribution in [1.82, 2.24) is 10.2 Å². The summed E-state index contributed by atoms with van der Waals surface area (Å²) in [5.41, 5.74) is 0.783. The van der Waals surface area contributed by atoms with E-state index in [1.54, 1.807) is 0 Å². The van der Waals surface area contributed by atoms with Gasteiger partial charge in [-0.2, -0.15) is 0 Å². The smallest absolute Gasteiger partial charge is 0.0104 e. The Labute approximate surface area is 119 Å². The third-order valence-electron chi connectivity index (χ3n) is 6.35. The minimum absolute atomic E-state index is 0.783. The van der Waals surface area contributed by atoms with Crippen molar-refractivity contribution in [3.05, 3.63) is 0 Å². The molecule has 0 aromatic rings. The molecule has 2 unspecified atom stereocenters. The molecule has 2 aliphatic carbocycles. The maximum atomic E-state index is 3.57. The number of nitrogens with zero attached hydrogens (tertiary/aromatic N) is 1. The fourth-order valence-corrected chi connectivity index (χ4v) is 4.97. The van der Waals surface area contributed by atoms with Crippen LogP contribution in [-0.4, -0.2) is 37.6 Å². The molecule has 110 valence electrons. The molecule has 1 saturated heterocycles. The summed E-state index contributed by atoms with van der Waals surface area (Å²) in [4.78, 5) is 2.78. The van der Waals surface area contributed by atoms with Crippen LogP contribution in [0.15, 0.2) is 0 Å². The number of hydrogen-bond acceptors (Lipinski definition) is 2. The van der Waals surface area contributed by atoms with Crippen molar-refractivity contribution in [3.63, 3.8) is 0 Å². The van der Waals surface area contributed by atoms with E-state index < -0.39 is 0 Å². The first-order chi connectivity index (χ1) is 9.31. The summed E-state index contributed by atoms with van der Waals surface area (Å²) < 4.78 is 0. The average molecular weight is 264 g/mol. The second-order valence-electron chi connectivity index (χ2n) is 7.45. The SMILES string of the molecule is CNC1CCCCC1CN1CCC2(CCCC2)CC1. The van der Waals surface area contributed by atoms with Crippen LogP contribution in [0.2, 0.25) is 0 Å². The lowest BCUT2D eigenvalue weighted by Crippen LogP contribution is -2.46. The van der Waals surface area contributed by atoms with E-state index in [-0.39, 0.29) is 0 Å².